The third-order valence-corrected chi connectivity index (χ3v) is 3.95. The van der Waals surface area contributed by atoms with E-state index in [1.54, 1.807) is 7.11 Å². The largest absolute Gasteiger partial charge is 0.497 e. The van der Waals surface area contributed by atoms with Gasteiger partial charge in [-0.2, -0.15) is 0 Å². The van der Waals surface area contributed by atoms with Crippen LogP contribution < -0.4 is 9.47 Å². The number of aliphatic carboxylic acids is 1. The van der Waals surface area contributed by atoms with Crippen LogP contribution in [-0.2, 0) is 4.79 Å². The zero-order chi connectivity index (χ0) is 15.2. The van der Waals surface area contributed by atoms with Crippen molar-refractivity contribution >= 4 is 5.97 Å². The topological polar surface area (TPSA) is 59.0 Å². The lowest BCUT2D eigenvalue weighted by atomic mass is 9.99. The summed E-state index contributed by atoms with van der Waals surface area (Å²) < 4.78 is 10.8. The van der Waals surface area contributed by atoms with Gasteiger partial charge in [0.25, 0.3) is 0 Å². The number of likely N-dealkylation sites (tertiary alicyclic amines) is 1. The molecule has 1 aromatic carbocycles. The van der Waals surface area contributed by atoms with Crippen molar-refractivity contribution in [3.05, 3.63) is 24.3 Å². The van der Waals surface area contributed by atoms with Gasteiger partial charge in [-0.3, -0.25) is 4.79 Å². The van der Waals surface area contributed by atoms with Gasteiger partial charge in [-0.25, -0.2) is 0 Å². The first kappa shape index (κ1) is 15.6. The molecule has 1 N–H and O–H groups in total. The lowest BCUT2D eigenvalue weighted by Gasteiger charge is -2.15. The van der Waals surface area contributed by atoms with Gasteiger partial charge in [0.15, 0.2) is 0 Å². The zero-order valence-electron chi connectivity index (χ0n) is 12.6. The molecule has 0 aliphatic carbocycles. The third kappa shape index (κ3) is 4.36. The van der Waals surface area contributed by atoms with E-state index in [0.717, 1.165) is 31.0 Å². The van der Waals surface area contributed by atoms with E-state index in [4.69, 9.17) is 14.6 Å². The van der Waals surface area contributed by atoms with Gasteiger partial charge in [0.05, 0.1) is 19.6 Å². The summed E-state index contributed by atoms with van der Waals surface area (Å²) in [7, 11) is 1.64. The first-order valence-corrected chi connectivity index (χ1v) is 7.32. The molecule has 0 saturated carbocycles. The van der Waals surface area contributed by atoms with Crippen LogP contribution in [0.3, 0.4) is 0 Å². The van der Waals surface area contributed by atoms with Crippen molar-refractivity contribution in [3.63, 3.8) is 0 Å². The van der Waals surface area contributed by atoms with E-state index < -0.39 is 5.97 Å². The van der Waals surface area contributed by atoms with Crippen LogP contribution in [0.15, 0.2) is 24.3 Å². The smallest absolute Gasteiger partial charge is 0.308 e. The number of nitrogens with zero attached hydrogens (tertiary/aromatic N) is 1. The number of rotatable bonds is 7. The quantitative estimate of drug-likeness (QED) is 0.780. The summed E-state index contributed by atoms with van der Waals surface area (Å²) in [5.74, 6) is 0.958. The Morgan fingerprint density at radius 1 is 1.29 bits per heavy atom. The predicted octanol–water partition coefficient (Wildman–Crippen LogP) is 2.12. The normalized spacial score (nSPS) is 22.2. The Hall–Kier alpha value is -1.75. The molecule has 1 aliphatic heterocycles. The Labute approximate surface area is 125 Å². The highest BCUT2D eigenvalue weighted by molar-refractivity contribution is 5.71. The molecule has 1 aliphatic rings. The second-order valence-electron chi connectivity index (χ2n) is 5.56. The van der Waals surface area contributed by atoms with Crippen LogP contribution in [0.4, 0.5) is 0 Å². The lowest BCUT2D eigenvalue weighted by Crippen LogP contribution is -2.25. The van der Waals surface area contributed by atoms with Gasteiger partial charge in [0, 0.05) is 19.6 Å². The Balaban J connectivity index is 1.67. The maximum Gasteiger partial charge on any atom is 0.308 e. The molecule has 2 atom stereocenters. The third-order valence-electron chi connectivity index (χ3n) is 3.95. The van der Waals surface area contributed by atoms with Gasteiger partial charge in [-0.15, -0.1) is 0 Å². The van der Waals surface area contributed by atoms with E-state index in [1.807, 2.05) is 31.2 Å². The molecule has 1 saturated heterocycles. The summed E-state index contributed by atoms with van der Waals surface area (Å²) in [4.78, 5) is 13.3. The van der Waals surface area contributed by atoms with E-state index in [-0.39, 0.29) is 11.8 Å². The van der Waals surface area contributed by atoms with Crippen LogP contribution in [0, 0.1) is 11.8 Å². The number of methoxy groups -OCH3 is 1. The number of ether oxygens (including phenoxy) is 2. The van der Waals surface area contributed by atoms with Crippen LogP contribution in [0.5, 0.6) is 11.5 Å². The molecule has 21 heavy (non-hydrogen) atoms. The van der Waals surface area contributed by atoms with E-state index in [9.17, 15) is 4.79 Å². The number of hydrogen-bond donors (Lipinski definition) is 1. The molecule has 5 heteroatoms. The molecule has 0 radical (unpaired) electrons. The Morgan fingerprint density at radius 2 is 1.95 bits per heavy atom. The van der Waals surface area contributed by atoms with Crippen molar-refractivity contribution in [3.8, 4) is 11.5 Å². The zero-order valence-corrected chi connectivity index (χ0v) is 12.6. The van der Waals surface area contributed by atoms with Crippen molar-refractivity contribution < 1.29 is 19.4 Å². The maximum atomic E-state index is 11.1. The minimum Gasteiger partial charge on any atom is -0.497 e. The summed E-state index contributed by atoms with van der Waals surface area (Å²) in [5, 5.41) is 9.10. The van der Waals surface area contributed by atoms with Crippen LogP contribution in [0.25, 0.3) is 0 Å². The molecule has 116 valence electrons. The van der Waals surface area contributed by atoms with Gasteiger partial charge < -0.3 is 19.5 Å². The predicted molar refractivity (Wildman–Crippen MR) is 79.8 cm³/mol. The van der Waals surface area contributed by atoms with Crippen molar-refractivity contribution in [2.75, 3.05) is 33.4 Å². The molecule has 0 spiro atoms. The second kappa shape index (κ2) is 7.31. The number of carbonyl (C=O) groups is 1. The molecule has 1 heterocycles. The summed E-state index contributed by atoms with van der Waals surface area (Å²) in [6.45, 7) is 5.03. The first-order chi connectivity index (χ1) is 10.1. The highest BCUT2D eigenvalue weighted by Gasteiger charge is 2.34. The molecule has 5 nitrogen and oxygen atoms in total. The lowest BCUT2D eigenvalue weighted by molar-refractivity contribution is -0.142. The Morgan fingerprint density at radius 3 is 2.52 bits per heavy atom. The van der Waals surface area contributed by atoms with E-state index >= 15 is 0 Å². The standard InChI is InChI=1S/C16H23NO4/c1-12-10-17(11-15(12)16(18)19)8-3-9-21-14-6-4-13(20-2)5-7-14/h4-7,12,15H,3,8-11H2,1-2H3,(H,18,19)/t12-,15-/m1/s1. The van der Waals surface area contributed by atoms with Crippen LogP contribution in [0.2, 0.25) is 0 Å². The summed E-state index contributed by atoms with van der Waals surface area (Å²) in [6, 6.07) is 7.51. The monoisotopic (exact) mass is 293 g/mol. The van der Waals surface area contributed by atoms with Gasteiger partial charge in [-0.1, -0.05) is 6.92 Å². The van der Waals surface area contributed by atoms with Gasteiger partial charge in [-0.05, 0) is 36.6 Å². The first-order valence-electron chi connectivity index (χ1n) is 7.32. The van der Waals surface area contributed by atoms with Crippen molar-refractivity contribution in [1.29, 1.82) is 0 Å². The highest BCUT2D eigenvalue weighted by Crippen LogP contribution is 2.23. The average Bonchev–Trinajstić information content (AvgIpc) is 2.85. The molecule has 1 fully saturated rings. The van der Waals surface area contributed by atoms with Crippen molar-refractivity contribution in [2.45, 2.75) is 13.3 Å². The van der Waals surface area contributed by atoms with Crippen molar-refractivity contribution in [2.24, 2.45) is 11.8 Å². The molecule has 0 amide bonds. The Kier molecular flexibility index (Phi) is 5.44. The molecule has 0 unspecified atom stereocenters. The molecule has 1 aromatic rings. The molecular weight excluding hydrogens is 270 g/mol. The van der Waals surface area contributed by atoms with E-state index in [0.29, 0.717) is 13.2 Å². The average molecular weight is 293 g/mol. The van der Waals surface area contributed by atoms with E-state index in [1.165, 1.54) is 0 Å². The fraction of sp³-hybridized carbons (Fsp3) is 0.562. The maximum absolute atomic E-state index is 11.1. The SMILES string of the molecule is COc1ccc(OCCCN2C[C@@H](C)[C@H](C(=O)O)C2)cc1. The summed E-state index contributed by atoms with van der Waals surface area (Å²) in [5.41, 5.74) is 0. The minimum absolute atomic E-state index is 0.227. The Bertz CT molecular complexity index is 460. The van der Waals surface area contributed by atoms with Crippen LogP contribution in [0.1, 0.15) is 13.3 Å². The van der Waals surface area contributed by atoms with Gasteiger partial charge >= 0.3 is 5.97 Å². The van der Waals surface area contributed by atoms with E-state index in [2.05, 4.69) is 4.90 Å². The molecule has 0 bridgehead atoms. The molecule has 0 aromatic heterocycles. The van der Waals surface area contributed by atoms with Crippen LogP contribution >= 0.6 is 0 Å². The van der Waals surface area contributed by atoms with Crippen LogP contribution in [-0.4, -0.2) is 49.3 Å². The molecule has 2 rings (SSSR count). The number of hydrogen-bond acceptors (Lipinski definition) is 4. The number of carboxylic acids is 1. The fourth-order valence-corrected chi connectivity index (χ4v) is 2.72. The van der Waals surface area contributed by atoms with Gasteiger partial charge in [0.1, 0.15) is 11.5 Å². The van der Waals surface area contributed by atoms with Gasteiger partial charge in [0.2, 0.25) is 0 Å². The summed E-state index contributed by atoms with van der Waals surface area (Å²) in [6.07, 6.45) is 0.894. The fourth-order valence-electron chi connectivity index (χ4n) is 2.72. The number of benzene rings is 1. The second-order valence-corrected chi connectivity index (χ2v) is 5.56. The molecular formula is C16H23NO4. The highest BCUT2D eigenvalue weighted by atomic mass is 16.5. The van der Waals surface area contributed by atoms with Crippen molar-refractivity contribution in [1.82, 2.24) is 4.90 Å². The minimum atomic E-state index is -0.681. The number of carboxylic acid groups (broad SMARTS) is 1. The summed E-state index contributed by atoms with van der Waals surface area (Å²) >= 11 is 0.